The highest BCUT2D eigenvalue weighted by Gasteiger charge is 2.53. The van der Waals surface area contributed by atoms with Crippen LogP contribution < -0.4 is 5.11 Å². The summed E-state index contributed by atoms with van der Waals surface area (Å²) in [5.74, 6) is -2.48. The van der Waals surface area contributed by atoms with Crippen molar-refractivity contribution in [3.8, 4) is 0 Å². The number of likely N-dealkylation sites (N-methyl/N-ethyl adjacent to an activating group) is 1. The Kier molecular flexibility index (Phi) is 3.69. The minimum absolute atomic E-state index is 0.0536. The van der Waals surface area contributed by atoms with Crippen LogP contribution in [0, 0.1) is 11.8 Å². The van der Waals surface area contributed by atoms with Gasteiger partial charge in [0.1, 0.15) is 0 Å². The number of rotatable bonds is 3. The van der Waals surface area contributed by atoms with Crippen molar-refractivity contribution < 1.29 is 19.4 Å². The number of amides is 1. The lowest BCUT2D eigenvalue weighted by atomic mass is 9.78. The number of carboxylic acid groups (broad SMARTS) is 1. The van der Waals surface area contributed by atoms with Gasteiger partial charge < -0.3 is 24.4 Å². The number of carbonyl (C=O) groups is 2. The lowest BCUT2D eigenvalue weighted by Gasteiger charge is -2.38. The summed E-state index contributed by atoms with van der Waals surface area (Å²) in [4.78, 5) is 28.0. The second-order valence-electron chi connectivity index (χ2n) is 5.92. The van der Waals surface area contributed by atoms with Gasteiger partial charge in [0.2, 0.25) is 5.91 Å². The minimum Gasteiger partial charge on any atom is -0.550 e. The van der Waals surface area contributed by atoms with Crippen molar-refractivity contribution in [1.82, 2.24) is 9.80 Å². The maximum Gasteiger partial charge on any atom is 0.229 e. The largest absolute Gasteiger partial charge is 0.550 e. The number of carbonyl (C=O) groups excluding carboxylic acids is 2. The van der Waals surface area contributed by atoms with Crippen LogP contribution in [0.15, 0.2) is 0 Å². The van der Waals surface area contributed by atoms with Crippen LogP contribution in [0.25, 0.3) is 0 Å². The molecule has 0 aromatic rings. The van der Waals surface area contributed by atoms with E-state index in [1.807, 2.05) is 0 Å². The summed E-state index contributed by atoms with van der Waals surface area (Å²) in [7, 11) is 0. The van der Waals surface area contributed by atoms with E-state index < -0.39 is 17.8 Å². The first-order valence-electron chi connectivity index (χ1n) is 7.49. The van der Waals surface area contributed by atoms with E-state index in [1.165, 1.54) is 0 Å². The second-order valence-corrected chi connectivity index (χ2v) is 5.92. The van der Waals surface area contributed by atoms with E-state index in [-0.39, 0.29) is 18.1 Å². The molecule has 0 aromatic carbocycles. The molecule has 2 bridgehead atoms. The fourth-order valence-corrected chi connectivity index (χ4v) is 3.79. The van der Waals surface area contributed by atoms with Crippen LogP contribution in [0.1, 0.15) is 19.8 Å². The molecule has 4 atom stereocenters. The topological polar surface area (TPSA) is 72.9 Å². The van der Waals surface area contributed by atoms with Crippen LogP contribution in [-0.2, 0) is 14.3 Å². The molecule has 2 unspecified atom stereocenters. The van der Waals surface area contributed by atoms with Crippen molar-refractivity contribution in [3.63, 3.8) is 0 Å². The maximum atomic E-state index is 12.6. The number of carboxylic acids is 1. The van der Waals surface area contributed by atoms with Gasteiger partial charge in [-0.3, -0.25) is 4.79 Å². The quantitative estimate of drug-likeness (QED) is 0.642. The fraction of sp³-hybridized carbons (Fsp3) is 0.857. The molecule has 0 saturated carbocycles. The molecule has 3 aliphatic heterocycles. The highest BCUT2D eigenvalue weighted by Crippen LogP contribution is 2.44. The molecule has 3 heterocycles. The van der Waals surface area contributed by atoms with Crippen molar-refractivity contribution >= 4 is 11.9 Å². The average Bonchev–Trinajstić information content (AvgIpc) is 3.07. The Labute approximate surface area is 118 Å². The Morgan fingerprint density at radius 1 is 1.10 bits per heavy atom. The molecule has 0 spiro atoms. The highest BCUT2D eigenvalue weighted by molar-refractivity contribution is 5.86. The van der Waals surface area contributed by atoms with Crippen molar-refractivity contribution in [3.05, 3.63) is 0 Å². The predicted octanol–water partition coefficient (Wildman–Crippen LogP) is -1.31. The van der Waals surface area contributed by atoms with Gasteiger partial charge in [-0.05, 0) is 19.4 Å². The van der Waals surface area contributed by atoms with Crippen LogP contribution >= 0.6 is 0 Å². The molecule has 1 amide bonds. The van der Waals surface area contributed by atoms with Gasteiger partial charge in [0.15, 0.2) is 0 Å². The number of nitrogens with zero attached hydrogens (tertiary/aromatic N) is 2. The van der Waals surface area contributed by atoms with Crippen LogP contribution in [0.2, 0.25) is 0 Å². The molecule has 3 rings (SSSR count). The fourth-order valence-electron chi connectivity index (χ4n) is 3.79. The van der Waals surface area contributed by atoms with E-state index in [0.29, 0.717) is 13.1 Å². The minimum atomic E-state index is -1.14. The van der Waals surface area contributed by atoms with Crippen molar-refractivity contribution in [2.24, 2.45) is 11.8 Å². The molecule has 3 fully saturated rings. The summed E-state index contributed by atoms with van der Waals surface area (Å²) in [5, 5.41) is 11.3. The molecular formula is C14H21N2O4-. The van der Waals surface area contributed by atoms with Gasteiger partial charge in [0, 0.05) is 38.1 Å². The standard InChI is InChI=1S/C14H22N2O4/c1-2-15-5-7-16(8-6-15)13(17)11-9-3-4-10(20-9)12(11)14(18)19/h9-12H,2-8H2,1H3,(H,18,19)/p-1/t9-,10+,11?,12?/m1/s1. The lowest BCUT2D eigenvalue weighted by molar-refractivity contribution is -0.314. The second kappa shape index (κ2) is 5.33. The summed E-state index contributed by atoms with van der Waals surface area (Å²) in [6, 6.07) is 0. The van der Waals surface area contributed by atoms with E-state index >= 15 is 0 Å². The third-order valence-electron chi connectivity index (χ3n) is 4.96. The third kappa shape index (κ3) is 2.20. The van der Waals surface area contributed by atoms with E-state index in [4.69, 9.17) is 4.74 Å². The first-order valence-corrected chi connectivity index (χ1v) is 7.49. The van der Waals surface area contributed by atoms with E-state index in [1.54, 1.807) is 4.90 Å². The van der Waals surface area contributed by atoms with Gasteiger partial charge in [-0.2, -0.15) is 0 Å². The van der Waals surface area contributed by atoms with Gasteiger partial charge in [-0.1, -0.05) is 6.92 Å². The molecular weight excluding hydrogens is 260 g/mol. The molecule has 6 nitrogen and oxygen atoms in total. The number of piperazine rings is 1. The monoisotopic (exact) mass is 281 g/mol. The summed E-state index contributed by atoms with van der Waals surface area (Å²) < 4.78 is 5.63. The van der Waals surface area contributed by atoms with Crippen molar-refractivity contribution in [2.75, 3.05) is 32.7 Å². The van der Waals surface area contributed by atoms with Gasteiger partial charge in [0.05, 0.1) is 18.1 Å². The molecule has 3 saturated heterocycles. The number of fused-ring (bicyclic) bond motifs is 2. The summed E-state index contributed by atoms with van der Waals surface area (Å²) >= 11 is 0. The highest BCUT2D eigenvalue weighted by atomic mass is 16.5. The van der Waals surface area contributed by atoms with E-state index in [2.05, 4.69) is 11.8 Å². The lowest BCUT2D eigenvalue weighted by Crippen LogP contribution is -2.54. The van der Waals surface area contributed by atoms with E-state index in [0.717, 1.165) is 32.5 Å². The first-order chi connectivity index (χ1) is 9.61. The maximum absolute atomic E-state index is 12.6. The zero-order chi connectivity index (χ0) is 14.3. The number of aliphatic carboxylic acids is 1. The molecule has 3 aliphatic rings. The van der Waals surface area contributed by atoms with E-state index in [9.17, 15) is 14.7 Å². The van der Waals surface area contributed by atoms with Crippen LogP contribution in [0.5, 0.6) is 0 Å². The Morgan fingerprint density at radius 3 is 2.25 bits per heavy atom. The van der Waals surface area contributed by atoms with Crippen LogP contribution in [0.3, 0.4) is 0 Å². The van der Waals surface area contributed by atoms with Gasteiger partial charge in [-0.15, -0.1) is 0 Å². The van der Waals surface area contributed by atoms with Gasteiger partial charge >= 0.3 is 0 Å². The van der Waals surface area contributed by atoms with Crippen LogP contribution in [0.4, 0.5) is 0 Å². The summed E-state index contributed by atoms with van der Waals surface area (Å²) in [5.41, 5.74) is 0. The Bertz CT molecular complexity index is 406. The first kappa shape index (κ1) is 13.8. The van der Waals surface area contributed by atoms with Gasteiger partial charge in [-0.25, -0.2) is 0 Å². The van der Waals surface area contributed by atoms with Crippen LogP contribution in [-0.4, -0.2) is 66.6 Å². The smallest absolute Gasteiger partial charge is 0.229 e. The molecule has 0 radical (unpaired) electrons. The third-order valence-corrected chi connectivity index (χ3v) is 4.96. The SMILES string of the molecule is CCN1CCN(C(=O)C2C(C(=O)[O-])[C@@H]3CC[C@H]2O3)CC1. The Balaban J connectivity index is 1.69. The number of hydrogen-bond donors (Lipinski definition) is 0. The Morgan fingerprint density at radius 2 is 1.70 bits per heavy atom. The number of hydrogen-bond acceptors (Lipinski definition) is 5. The number of ether oxygens (including phenoxy) is 1. The molecule has 0 aromatic heterocycles. The zero-order valence-electron chi connectivity index (χ0n) is 11.8. The zero-order valence-corrected chi connectivity index (χ0v) is 11.8. The molecule has 0 aliphatic carbocycles. The molecule has 6 heteroatoms. The molecule has 0 N–H and O–H groups in total. The van der Waals surface area contributed by atoms with Gasteiger partial charge in [0.25, 0.3) is 0 Å². The molecule has 112 valence electrons. The summed E-state index contributed by atoms with van der Waals surface area (Å²) in [6.45, 7) is 6.18. The Hall–Kier alpha value is -1.14. The van der Waals surface area contributed by atoms with Crippen molar-refractivity contribution in [2.45, 2.75) is 32.0 Å². The summed E-state index contributed by atoms with van der Waals surface area (Å²) in [6.07, 6.45) is 0.978. The average molecular weight is 281 g/mol. The normalized spacial score (nSPS) is 37.4. The van der Waals surface area contributed by atoms with Crippen molar-refractivity contribution in [1.29, 1.82) is 0 Å². The molecule has 20 heavy (non-hydrogen) atoms. The predicted molar refractivity (Wildman–Crippen MR) is 68.6 cm³/mol.